The van der Waals surface area contributed by atoms with Gasteiger partial charge in [0, 0.05) is 6.42 Å². The van der Waals surface area contributed by atoms with Gasteiger partial charge in [-0.25, -0.2) is 14.3 Å². The minimum atomic E-state index is -0.936. The zero-order valence-electron chi connectivity index (χ0n) is 20.1. The number of hydrogen-bond donors (Lipinski definition) is 1. The molecule has 1 aliphatic rings. The summed E-state index contributed by atoms with van der Waals surface area (Å²) >= 11 is 0. The monoisotopic (exact) mass is 461 g/mol. The molecule has 1 aliphatic carbocycles. The van der Waals surface area contributed by atoms with E-state index in [1.54, 1.807) is 16.8 Å². The Bertz CT molecular complexity index is 1150. The van der Waals surface area contributed by atoms with Crippen LogP contribution in [-0.4, -0.2) is 25.4 Å². The molecule has 2 aromatic carbocycles. The SMILES string of the molecule is CCCCCCc1nn(C2CCCCC2)c(=O)n1Cc1ccc(-c2ccccc2C(=O)O)cc1. The highest BCUT2D eigenvalue weighted by Crippen LogP contribution is 2.27. The van der Waals surface area contributed by atoms with Gasteiger partial charge in [0.15, 0.2) is 0 Å². The molecular weight excluding hydrogens is 426 g/mol. The molecule has 1 aromatic heterocycles. The molecule has 4 rings (SSSR count). The van der Waals surface area contributed by atoms with Crippen molar-refractivity contribution < 1.29 is 9.90 Å². The molecule has 180 valence electrons. The lowest BCUT2D eigenvalue weighted by molar-refractivity contribution is 0.0697. The smallest absolute Gasteiger partial charge is 0.346 e. The molecule has 1 N–H and O–H groups in total. The van der Waals surface area contributed by atoms with Gasteiger partial charge in [-0.2, -0.15) is 5.10 Å². The first kappa shape index (κ1) is 24.0. The van der Waals surface area contributed by atoms with Gasteiger partial charge in [-0.15, -0.1) is 0 Å². The Kier molecular flexibility index (Phi) is 7.99. The summed E-state index contributed by atoms with van der Waals surface area (Å²) in [7, 11) is 0. The number of hydrogen-bond acceptors (Lipinski definition) is 3. The number of nitrogens with zero attached hydrogens (tertiary/aromatic N) is 3. The van der Waals surface area contributed by atoms with Crippen molar-refractivity contribution in [3.63, 3.8) is 0 Å². The maximum Gasteiger partial charge on any atom is 0.346 e. The molecule has 3 aromatic rings. The van der Waals surface area contributed by atoms with Gasteiger partial charge in [-0.1, -0.05) is 87.9 Å². The first-order chi connectivity index (χ1) is 16.6. The average molecular weight is 462 g/mol. The van der Waals surface area contributed by atoms with Gasteiger partial charge in [-0.3, -0.25) is 4.57 Å². The second-order valence-corrected chi connectivity index (χ2v) is 9.38. The molecule has 34 heavy (non-hydrogen) atoms. The quantitative estimate of drug-likeness (QED) is 0.371. The van der Waals surface area contributed by atoms with E-state index in [1.807, 2.05) is 41.0 Å². The summed E-state index contributed by atoms with van der Waals surface area (Å²) in [6.07, 6.45) is 11.0. The molecule has 6 nitrogen and oxygen atoms in total. The number of carboxylic acids is 1. The zero-order valence-corrected chi connectivity index (χ0v) is 20.1. The molecule has 0 aliphatic heterocycles. The summed E-state index contributed by atoms with van der Waals surface area (Å²) in [4.78, 5) is 25.0. The Morgan fingerprint density at radius 2 is 1.74 bits per heavy atom. The molecule has 1 saturated carbocycles. The van der Waals surface area contributed by atoms with Crippen LogP contribution in [-0.2, 0) is 13.0 Å². The van der Waals surface area contributed by atoms with Gasteiger partial charge < -0.3 is 5.11 Å². The number of aryl methyl sites for hydroxylation is 1. The van der Waals surface area contributed by atoms with Crippen LogP contribution in [0.5, 0.6) is 0 Å². The maximum absolute atomic E-state index is 13.4. The van der Waals surface area contributed by atoms with Crippen molar-refractivity contribution in [2.45, 2.75) is 83.7 Å². The van der Waals surface area contributed by atoms with Crippen LogP contribution in [0, 0.1) is 0 Å². The van der Waals surface area contributed by atoms with E-state index in [0.717, 1.165) is 61.9 Å². The van der Waals surface area contributed by atoms with Crippen LogP contribution in [0.4, 0.5) is 0 Å². The molecule has 0 radical (unpaired) electrons. The first-order valence-electron chi connectivity index (χ1n) is 12.7. The Morgan fingerprint density at radius 3 is 2.44 bits per heavy atom. The Labute approximate surface area is 201 Å². The minimum absolute atomic E-state index is 0.00214. The second-order valence-electron chi connectivity index (χ2n) is 9.38. The van der Waals surface area contributed by atoms with Gasteiger partial charge in [0.05, 0.1) is 18.2 Å². The number of carbonyl (C=O) groups is 1. The largest absolute Gasteiger partial charge is 0.478 e. The van der Waals surface area contributed by atoms with E-state index in [-0.39, 0.29) is 17.3 Å². The molecule has 6 heteroatoms. The summed E-state index contributed by atoms with van der Waals surface area (Å²) in [6.45, 7) is 2.68. The predicted octanol–water partition coefficient (Wildman–Crippen LogP) is 6.09. The lowest BCUT2D eigenvalue weighted by Crippen LogP contribution is -2.30. The average Bonchev–Trinajstić information content (AvgIpc) is 3.18. The first-order valence-corrected chi connectivity index (χ1v) is 12.7. The van der Waals surface area contributed by atoms with E-state index in [4.69, 9.17) is 5.10 Å². The standard InChI is InChI=1S/C28H35N3O3/c1-2-3-4-8-15-26-29-31(23-11-6-5-7-12-23)28(34)30(26)20-21-16-18-22(19-17-21)24-13-9-10-14-25(24)27(32)33/h9-10,13-14,16-19,23H,2-8,11-12,15,20H2,1H3,(H,32,33). The molecule has 1 heterocycles. The summed E-state index contributed by atoms with van der Waals surface area (Å²) in [5.41, 5.74) is 2.84. The van der Waals surface area contributed by atoms with E-state index >= 15 is 0 Å². The molecule has 0 amide bonds. The third-order valence-corrected chi connectivity index (χ3v) is 6.90. The van der Waals surface area contributed by atoms with E-state index in [2.05, 4.69) is 6.92 Å². The van der Waals surface area contributed by atoms with Crippen LogP contribution in [0.1, 0.15) is 92.5 Å². The minimum Gasteiger partial charge on any atom is -0.478 e. The van der Waals surface area contributed by atoms with E-state index < -0.39 is 5.97 Å². The van der Waals surface area contributed by atoms with E-state index in [0.29, 0.717) is 12.1 Å². The summed E-state index contributed by atoms with van der Waals surface area (Å²) in [5, 5.41) is 14.3. The lowest BCUT2D eigenvalue weighted by atomic mass is 9.96. The fourth-order valence-electron chi connectivity index (χ4n) is 4.97. The van der Waals surface area contributed by atoms with Crippen LogP contribution >= 0.6 is 0 Å². The second kappa shape index (κ2) is 11.3. The molecule has 1 fully saturated rings. The van der Waals surface area contributed by atoms with Crippen molar-refractivity contribution in [1.29, 1.82) is 0 Å². The zero-order chi connectivity index (χ0) is 23.9. The van der Waals surface area contributed by atoms with Crippen molar-refractivity contribution in [2.75, 3.05) is 0 Å². The normalized spacial score (nSPS) is 14.4. The predicted molar refractivity (Wildman–Crippen MR) is 134 cm³/mol. The van der Waals surface area contributed by atoms with Gasteiger partial charge in [0.2, 0.25) is 0 Å². The van der Waals surface area contributed by atoms with E-state index in [1.165, 1.54) is 19.3 Å². The number of aromatic carboxylic acids is 1. The Hall–Kier alpha value is -3.15. The number of benzene rings is 2. The van der Waals surface area contributed by atoms with E-state index in [9.17, 15) is 14.7 Å². The number of aromatic nitrogens is 3. The van der Waals surface area contributed by atoms with Crippen LogP contribution in [0.25, 0.3) is 11.1 Å². The highest BCUT2D eigenvalue weighted by Gasteiger charge is 2.22. The summed E-state index contributed by atoms with van der Waals surface area (Å²) in [6, 6.07) is 15.1. The Balaban J connectivity index is 1.59. The van der Waals surface area contributed by atoms with Gasteiger partial charge in [0.25, 0.3) is 0 Å². The third kappa shape index (κ3) is 5.49. The summed E-state index contributed by atoms with van der Waals surface area (Å²) in [5.74, 6) is -0.0546. The van der Waals surface area contributed by atoms with Crippen molar-refractivity contribution in [3.8, 4) is 11.1 Å². The van der Waals surface area contributed by atoms with Gasteiger partial charge in [0.1, 0.15) is 5.82 Å². The van der Waals surface area contributed by atoms with Crippen LogP contribution in [0.3, 0.4) is 0 Å². The van der Waals surface area contributed by atoms with Crippen molar-refractivity contribution in [3.05, 3.63) is 76.0 Å². The highest BCUT2D eigenvalue weighted by atomic mass is 16.4. The molecular formula is C28H35N3O3. The molecule has 0 spiro atoms. The topological polar surface area (TPSA) is 77.1 Å². The van der Waals surface area contributed by atoms with Crippen molar-refractivity contribution in [1.82, 2.24) is 14.3 Å². The Morgan fingerprint density at radius 1 is 1.00 bits per heavy atom. The maximum atomic E-state index is 13.4. The third-order valence-electron chi connectivity index (χ3n) is 6.90. The molecule has 0 saturated heterocycles. The fourth-order valence-corrected chi connectivity index (χ4v) is 4.97. The molecule has 0 atom stereocenters. The highest BCUT2D eigenvalue weighted by molar-refractivity contribution is 5.95. The van der Waals surface area contributed by atoms with Crippen LogP contribution in [0.2, 0.25) is 0 Å². The molecule has 0 unspecified atom stereocenters. The van der Waals surface area contributed by atoms with Crippen molar-refractivity contribution in [2.24, 2.45) is 0 Å². The lowest BCUT2D eigenvalue weighted by Gasteiger charge is -2.20. The number of unbranched alkanes of at least 4 members (excludes halogenated alkanes) is 3. The van der Waals surface area contributed by atoms with Gasteiger partial charge >= 0.3 is 11.7 Å². The van der Waals surface area contributed by atoms with Crippen LogP contribution in [0.15, 0.2) is 53.3 Å². The van der Waals surface area contributed by atoms with Crippen LogP contribution < -0.4 is 5.69 Å². The summed E-state index contributed by atoms with van der Waals surface area (Å²) < 4.78 is 3.60. The number of carboxylic acid groups (broad SMARTS) is 1. The molecule has 0 bridgehead atoms. The van der Waals surface area contributed by atoms with Gasteiger partial charge in [-0.05, 0) is 42.0 Å². The van der Waals surface area contributed by atoms with Crippen molar-refractivity contribution >= 4 is 5.97 Å². The number of rotatable bonds is 10. The fraction of sp³-hybridized carbons (Fsp3) is 0.464.